The predicted octanol–water partition coefficient (Wildman–Crippen LogP) is 4.94. The van der Waals surface area contributed by atoms with Gasteiger partial charge in [0.2, 0.25) is 0 Å². The van der Waals surface area contributed by atoms with Crippen LogP contribution in [0.25, 0.3) is 28.3 Å². The Balaban J connectivity index is 1.39. The second-order valence-electron chi connectivity index (χ2n) is 7.37. The maximum atomic E-state index is 13.7. The third kappa shape index (κ3) is 4.24. The highest BCUT2D eigenvalue weighted by atomic mass is 19.1. The Hall–Kier alpha value is -4.66. The third-order valence-electron chi connectivity index (χ3n) is 5.05. The van der Waals surface area contributed by atoms with Crippen LogP contribution < -0.4 is 10.6 Å². The number of amides is 2. The van der Waals surface area contributed by atoms with Crippen molar-refractivity contribution in [3.8, 4) is 22.6 Å². The van der Waals surface area contributed by atoms with Crippen LogP contribution in [-0.2, 0) is 0 Å². The first-order chi connectivity index (χ1) is 16.1. The van der Waals surface area contributed by atoms with E-state index in [0.29, 0.717) is 34.1 Å². The lowest BCUT2D eigenvalue weighted by molar-refractivity contribution is 0.262. The standard InChI is InChI=1S/C24H18FN7O/c1-15-5-6-19(14-20(15)25)28-24(33)27-18-4-2-3-17(13-18)21-7-8-22-29-30-23(32(22)31-21)16-9-11-26-12-10-16/h2-14H,1H3,(H2,27,28,33). The van der Waals surface area contributed by atoms with E-state index in [0.717, 1.165) is 11.1 Å². The molecule has 2 N–H and O–H groups in total. The van der Waals surface area contributed by atoms with E-state index in [2.05, 4.69) is 30.9 Å². The van der Waals surface area contributed by atoms with E-state index in [1.54, 1.807) is 48.1 Å². The van der Waals surface area contributed by atoms with Crippen molar-refractivity contribution in [2.24, 2.45) is 0 Å². The van der Waals surface area contributed by atoms with Crippen molar-refractivity contribution in [3.63, 3.8) is 0 Å². The van der Waals surface area contributed by atoms with Gasteiger partial charge in [0.1, 0.15) is 5.82 Å². The normalized spacial score (nSPS) is 10.8. The SMILES string of the molecule is Cc1ccc(NC(=O)Nc2cccc(-c3ccc4nnc(-c5ccncc5)n4n3)c2)cc1F. The number of nitrogens with zero attached hydrogens (tertiary/aromatic N) is 5. The molecule has 0 aliphatic carbocycles. The van der Waals surface area contributed by atoms with Crippen molar-refractivity contribution in [2.75, 3.05) is 10.6 Å². The van der Waals surface area contributed by atoms with E-state index in [9.17, 15) is 9.18 Å². The van der Waals surface area contributed by atoms with Crippen LogP contribution in [0.5, 0.6) is 0 Å². The summed E-state index contributed by atoms with van der Waals surface area (Å²) in [5.41, 5.74) is 4.39. The number of carbonyl (C=O) groups excluding carboxylic acids is 1. The van der Waals surface area contributed by atoms with Gasteiger partial charge < -0.3 is 10.6 Å². The molecular formula is C24H18FN7O. The average Bonchev–Trinajstić information content (AvgIpc) is 3.25. The molecule has 0 radical (unpaired) electrons. The second kappa shape index (κ2) is 8.46. The van der Waals surface area contributed by atoms with Gasteiger partial charge in [-0.05, 0) is 61.0 Å². The molecule has 9 heteroatoms. The van der Waals surface area contributed by atoms with Crippen LogP contribution in [0.1, 0.15) is 5.56 Å². The number of pyridine rings is 1. The molecule has 3 aromatic heterocycles. The molecule has 0 aliphatic heterocycles. The lowest BCUT2D eigenvalue weighted by Crippen LogP contribution is -2.19. The number of aromatic nitrogens is 5. The molecule has 162 valence electrons. The second-order valence-corrected chi connectivity index (χ2v) is 7.37. The molecule has 33 heavy (non-hydrogen) atoms. The zero-order valence-corrected chi connectivity index (χ0v) is 17.5. The van der Waals surface area contributed by atoms with Gasteiger partial charge in [-0.3, -0.25) is 4.98 Å². The summed E-state index contributed by atoms with van der Waals surface area (Å²) in [5.74, 6) is 0.227. The van der Waals surface area contributed by atoms with Crippen molar-refractivity contribution in [2.45, 2.75) is 6.92 Å². The van der Waals surface area contributed by atoms with E-state index in [1.807, 2.05) is 36.4 Å². The smallest absolute Gasteiger partial charge is 0.308 e. The molecule has 0 saturated heterocycles. The van der Waals surface area contributed by atoms with Gasteiger partial charge in [0.15, 0.2) is 11.5 Å². The number of nitrogens with one attached hydrogen (secondary N) is 2. The highest BCUT2D eigenvalue weighted by molar-refractivity contribution is 6.00. The minimum atomic E-state index is -0.474. The molecule has 0 fully saturated rings. The molecule has 0 bridgehead atoms. The molecule has 0 spiro atoms. The molecule has 0 unspecified atom stereocenters. The average molecular weight is 439 g/mol. The van der Waals surface area contributed by atoms with Crippen molar-refractivity contribution in [1.29, 1.82) is 0 Å². The van der Waals surface area contributed by atoms with Crippen LogP contribution >= 0.6 is 0 Å². The van der Waals surface area contributed by atoms with Gasteiger partial charge >= 0.3 is 6.03 Å². The van der Waals surface area contributed by atoms with Crippen LogP contribution in [0, 0.1) is 12.7 Å². The van der Waals surface area contributed by atoms with Gasteiger partial charge in [-0.25, -0.2) is 9.18 Å². The Morgan fingerprint density at radius 1 is 0.879 bits per heavy atom. The molecule has 5 aromatic rings. The van der Waals surface area contributed by atoms with Crippen molar-refractivity contribution in [1.82, 2.24) is 24.8 Å². The largest absolute Gasteiger partial charge is 0.323 e. The molecular weight excluding hydrogens is 421 g/mol. The first-order valence-corrected chi connectivity index (χ1v) is 10.1. The summed E-state index contributed by atoms with van der Waals surface area (Å²) in [5, 5.41) is 18.5. The monoisotopic (exact) mass is 439 g/mol. The summed E-state index contributed by atoms with van der Waals surface area (Å²) < 4.78 is 15.4. The van der Waals surface area contributed by atoms with Crippen LogP contribution in [-0.4, -0.2) is 30.8 Å². The van der Waals surface area contributed by atoms with Crippen molar-refractivity contribution < 1.29 is 9.18 Å². The first kappa shape index (κ1) is 20.3. The van der Waals surface area contributed by atoms with Crippen LogP contribution in [0.4, 0.5) is 20.6 Å². The number of fused-ring (bicyclic) bond motifs is 1. The molecule has 0 atom stereocenters. The fraction of sp³-hybridized carbons (Fsp3) is 0.0417. The summed E-state index contributed by atoms with van der Waals surface area (Å²) in [7, 11) is 0. The van der Waals surface area contributed by atoms with Crippen LogP contribution in [0.3, 0.4) is 0 Å². The fourth-order valence-corrected chi connectivity index (χ4v) is 3.34. The Kier molecular flexibility index (Phi) is 5.19. The topological polar surface area (TPSA) is 97.1 Å². The molecule has 8 nitrogen and oxygen atoms in total. The summed E-state index contributed by atoms with van der Waals surface area (Å²) in [6.45, 7) is 1.66. The third-order valence-corrected chi connectivity index (χ3v) is 5.05. The Bertz CT molecular complexity index is 1470. The number of anilines is 2. The van der Waals surface area contributed by atoms with Crippen molar-refractivity contribution in [3.05, 3.63) is 90.5 Å². The maximum absolute atomic E-state index is 13.7. The Morgan fingerprint density at radius 3 is 2.45 bits per heavy atom. The summed E-state index contributed by atoms with van der Waals surface area (Å²) in [6, 6.07) is 18.7. The fourth-order valence-electron chi connectivity index (χ4n) is 3.34. The van der Waals surface area contributed by atoms with Crippen LogP contribution in [0.15, 0.2) is 79.1 Å². The van der Waals surface area contributed by atoms with E-state index >= 15 is 0 Å². The lowest BCUT2D eigenvalue weighted by atomic mass is 10.1. The summed E-state index contributed by atoms with van der Waals surface area (Å²) in [6.07, 6.45) is 3.37. The van der Waals surface area contributed by atoms with E-state index < -0.39 is 6.03 Å². The number of hydrogen-bond donors (Lipinski definition) is 2. The zero-order chi connectivity index (χ0) is 22.8. The number of urea groups is 1. The van der Waals surface area contributed by atoms with E-state index in [4.69, 9.17) is 0 Å². The van der Waals surface area contributed by atoms with Crippen LogP contribution in [0.2, 0.25) is 0 Å². The molecule has 5 rings (SSSR count). The number of halogens is 1. The minimum Gasteiger partial charge on any atom is -0.308 e. The van der Waals surface area contributed by atoms with Gasteiger partial charge in [-0.15, -0.1) is 10.2 Å². The van der Waals surface area contributed by atoms with Gasteiger partial charge in [0, 0.05) is 34.9 Å². The Morgan fingerprint density at radius 2 is 1.67 bits per heavy atom. The van der Waals surface area contributed by atoms with Gasteiger partial charge in [0.05, 0.1) is 5.69 Å². The number of aryl methyl sites for hydroxylation is 1. The molecule has 0 aliphatic rings. The molecule has 3 heterocycles. The van der Waals surface area contributed by atoms with Gasteiger partial charge in [-0.1, -0.05) is 18.2 Å². The van der Waals surface area contributed by atoms with Crippen molar-refractivity contribution >= 4 is 23.1 Å². The number of benzene rings is 2. The predicted molar refractivity (Wildman–Crippen MR) is 123 cm³/mol. The molecule has 0 saturated carbocycles. The van der Waals surface area contributed by atoms with E-state index in [1.165, 1.54) is 6.07 Å². The Labute approximate surface area is 188 Å². The number of hydrogen-bond acceptors (Lipinski definition) is 5. The number of carbonyl (C=O) groups is 1. The highest BCUT2D eigenvalue weighted by Crippen LogP contribution is 2.23. The van der Waals surface area contributed by atoms with Gasteiger partial charge in [-0.2, -0.15) is 9.61 Å². The lowest BCUT2D eigenvalue weighted by Gasteiger charge is -2.10. The van der Waals surface area contributed by atoms with E-state index in [-0.39, 0.29) is 5.82 Å². The highest BCUT2D eigenvalue weighted by Gasteiger charge is 2.11. The first-order valence-electron chi connectivity index (χ1n) is 10.1. The minimum absolute atomic E-state index is 0.370. The quantitative estimate of drug-likeness (QED) is 0.413. The number of rotatable bonds is 4. The maximum Gasteiger partial charge on any atom is 0.323 e. The van der Waals surface area contributed by atoms with Gasteiger partial charge in [0.25, 0.3) is 0 Å². The summed E-state index contributed by atoms with van der Waals surface area (Å²) in [4.78, 5) is 16.4. The molecule has 2 amide bonds. The zero-order valence-electron chi connectivity index (χ0n) is 17.5. The molecule has 2 aromatic carbocycles. The summed E-state index contributed by atoms with van der Waals surface area (Å²) >= 11 is 0.